The molecule has 2 rings (SSSR count). The third kappa shape index (κ3) is 4.50. The van der Waals surface area contributed by atoms with E-state index < -0.39 is 18.7 Å². The van der Waals surface area contributed by atoms with Gasteiger partial charge in [-0.2, -0.15) is 0 Å². The van der Waals surface area contributed by atoms with Crippen LogP contribution in [0, 0.1) is 5.92 Å². The second-order valence-corrected chi connectivity index (χ2v) is 6.21. The number of likely N-dealkylation sites (tertiary alicyclic amines) is 1. The minimum Gasteiger partial charge on any atom is -0.445 e. The predicted molar refractivity (Wildman–Crippen MR) is 66.6 cm³/mol. The molecule has 0 bridgehead atoms. The molecule has 2 unspecified atom stereocenters. The Hall–Kier alpha value is 0.501. The van der Waals surface area contributed by atoms with Crippen molar-refractivity contribution in [2.75, 3.05) is 6.54 Å². The summed E-state index contributed by atoms with van der Waals surface area (Å²) in [5, 5.41) is 0. The number of ether oxygens (including phenoxy) is 1. The van der Waals surface area contributed by atoms with Gasteiger partial charge in [0.2, 0.25) is 0 Å². The normalized spacial score (nSPS) is 27.7. The van der Waals surface area contributed by atoms with E-state index in [-0.39, 0.29) is 63.3 Å². The third-order valence-corrected chi connectivity index (χ3v) is 3.50. The van der Waals surface area contributed by atoms with Crippen molar-refractivity contribution in [2.45, 2.75) is 45.3 Å². The van der Waals surface area contributed by atoms with Gasteiger partial charge in [0.25, 0.3) is 0 Å². The molecule has 0 spiro atoms. The van der Waals surface area contributed by atoms with Crippen molar-refractivity contribution in [1.82, 2.24) is 4.90 Å². The molecule has 1 heterocycles. The van der Waals surface area contributed by atoms with E-state index in [2.05, 4.69) is 0 Å². The summed E-state index contributed by atoms with van der Waals surface area (Å²) in [6, 6.07) is -0.112. The average Bonchev–Trinajstić information content (AvgIpc) is 2.48. The first kappa shape index (κ1) is 18.6. The van der Waals surface area contributed by atoms with Crippen molar-refractivity contribution in [2.24, 2.45) is 5.92 Å². The van der Waals surface area contributed by atoms with Crippen molar-refractivity contribution in [3.05, 3.63) is 11.5 Å². The Bertz CT molecular complexity index is 420. The van der Waals surface area contributed by atoms with Crippen LogP contribution in [0.15, 0.2) is 11.5 Å². The molecule has 2 atom stereocenters. The Morgan fingerprint density at radius 2 is 2.00 bits per heavy atom. The van der Waals surface area contributed by atoms with E-state index in [1.807, 2.05) is 0 Å². The zero-order valence-electron chi connectivity index (χ0n) is 12.3. The van der Waals surface area contributed by atoms with E-state index >= 15 is 0 Å². The van der Waals surface area contributed by atoms with E-state index in [4.69, 9.17) is 4.74 Å². The van der Waals surface area contributed by atoms with Gasteiger partial charge in [0.1, 0.15) is 5.60 Å². The summed E-state index contributed by atoms with van der Waals surface area (Å²) < 4.78 is 42.3. The maximum atomic E-state index is 12.3. The van der Waals surface area contributed by atoms with Crippen LogP contribution in [0.2, 0.25) is 0 Å². The van der Waals surface area contributed by atoms with E-state index in [0.29, 0.717) is 30.9 Å². The molecule has 20 heavy (non-hydrogen) atoms. The van der Waals surface area contributed by atoms with Crippen LogP contribution in [0.5, 0.6) is 0 Å². The summed E-state index contributed by atoms with van der Waals surface area (Å²) in [4.78, 5) is 13.5. The Morgan fingerprint density at radius 3 is 2.50 bits per heavy atom. The van der Waals surface area contributed by atoms with Crippen LogP contribution in [0.1, 0.15) is 33.6 Å². The predicted octanol–water partition coefficient (Wildman–Crippen LogP) is 0.333. The number of halogens is 3. The Labute approximate surface area is 159 Å². The Balaban J connectivity index is 0.00000200. The molecule has 1 amide bonds. The molecule has 0 aromatic rings. The number of hydrogen-bond acceptors (Lipinski definition) is 2. The molecule has 0 N–H and O–H groups in total. The number of hydrogen-bond donors (Lipinski definition) is 0. The van der Waals surface area contributed by atoms with E-state index in [1.54, 1.807) is 25.7 Å². The standard InChI is InChI=1S/C12H18BF3NO2.K/c1-12(2,3)19-11(18)17-5-4-9-8(6-10(9)17)7-13(14,15)16;/h7,9-10H,4-6H2,1-3H3;/q-1;+1/b8-7-;. The summed E-state index contributed by atoms with van der Waals surface area (Å²) in [7, 11) is 0. The zero-order valence-corrected chi connectivity index (χ0v) is 15.5. The summed E-state index contributed by atoms with van der Waals surface area (Å²) in [6.07, 6.45) is 0.504. The molecule has 1 aliphatic heterocycles. The summed E-state index contributed by atoms with van der Waals surface area (Å²) in [5.74, 6) is 0.316. The van der Waals surface area contributed by atoms with Crippen LogP contribution in [0.3, 0.4) is 0 Å². The number of nitrogens with zero attached hydrogens (tertiary/aromatic N) is 1. The molecule has 3 nitrogen and oxygen atoms in total. The maximum absolute atomic E-state index is 12.3. The van der Waals surface area contributed by atoms with Gasteiger partial charge in [0.05, 0.1) is 0 Å². The van der Waals surface area contributed by atoms with Crippen molar-refractivity contribution in [1.29, 1.82) is 0 Å². The quantitative estimate of drug-likeness (QED) is 0.653. The second-order valence-electron chi connectivity index (χ2n) is 6.21. The summed E-state index contributed by atoms with van der Waals surface area (Å²) >= 11 is 0. The van der Waals surface area contributed by atoms with E-state index in [9.17, 15) is 17.7 Å². The van der Waals surface area contributed by atoms with Gasteiger partial charge in [-0.3, -0.25) is 0 Å². The van der Waals surface area contributed by atoms with Gasteiger partial charge in [-0.1, -0.05) is 5.57 Å². The van der Waals surface area contributed by atoms with Crippen molar-refractivity contribution in [3.63, 3.8) is 0 Å². The number of fused-ring (bicyclic) bond motifs is 1. The van der Waals surface area contributed by atoms with Gasteiger partial charge in [0.15, 0.2) is 0 Å². The molecule has 0 aromatic heterocycles. The van der Waals surface area contributed by atoms with Crippen LogP contribution >= 0.6 is 0 Å². The molecule has 8 heteroatoms. The second kappa shape index (κ2) is 6.32. The molecule has 0 radical (unpaired) electrons. The fourth-order valence-corrected chi connectivity index (χ4v) is 2.75. The molecule has 1 saturated carbocycles. The fraction of sp³-hybridized carbons (Fsp3) is 0.750. The molecular formula is C12H18BF3KNO2. The first-order valence-corrected chi connectivity index (χ1v) is 6.48. The molecule has 0 aromatic carbocycles. The molecule has 108 valence electrons. The van der Waals surface area contributed by atoms with Crippen LogP contribution in [-0.2, 0) is 4.74 Å². The molecule has 1 saturated heterocycles. The monoisotopic (exact) mass is 315 g/mol. The number of carbonyl (C=O) groups excluding carboxylic acids is 1. The van der Waals surface area contributed by atoms with Gasteiger partial charge in [-0.15, -0.1) is 5.98 Å². The first-order chi connectivity index (χ1) is 8.57. The van der Waals surface area contributed by atoms with Crippen LogP contribution in [0.25, 0.3) is 0 Å². The molecule has 1 aliphatic carbocycles. The SMILES string of the molecule is CC(C)(C)OC(=O)N1CCC2/C(=C\[B-](F)(F)F)CC21.[K+]. The number of carbonyl (C=O) groups is 1. The smallest absolute Gasteiger partial charge is 0.445 e. The van der Waals surface area contributed by atoms with Crippen LogP contribution in [-0.4, -0.2) is 36.2 Å². The van der Waals surface area contributed by atoms with Gasteiger partial charge in [-0.25, -0.2) is 4.79 Å². The van der Waals surface area contributed by atoms with E-state index in [0.717, 1.165) is 0 Å². The van der Waals surface area contributed by atoms with Crippen molar-refractivity contribution in [3.8, 4) is 0 Å². The number of amides is 1. The minimum absolute atomic E-state index is 0. The Kier molecular flexibility index (Phi) is 5.86. The molecular weight excluding hydrogens is 297 g/mol. The maximum Gasteiger partial charge on any atom is 1.00 e. The fourth-order valence-electron chi connectivity index (χ4n) is 2.75. The summed E-state index contributed by atoms with van der Waals surface area (Å²) in [5.41, 5.74) is -0.143. The van der Waals surface area contributed by atoms with Crippen LogP contribution < -0.4 is 51.4 Å². The largest absolute Gasteiger partial charge is 1.00 e. The minimum atomic E-state index is -4.88. The van der Waals surface area contributed by atoms with Gasteiger partial charge in [-0.05, 0) is 39.5 Å². The van der Waals surface area contributed by atoms with Gasteiger partial charge >= 0.3 is 64.5 Å². The molecule has 2 aliphatic rings. The number of rotatable bonds is 1. The van der Waals surface area contributed by atoms with Crippen molar-refractivity contribution >= 4 is 13.1 Å². The molecule has 2 fully saturated rings. The third-order valence-electron chi connectivity index (χ3n) is 3.50. The topological polar surface area (TPSA) is 29.5 Å². The first-order valence-electron chi connectivity index (χ1n) is 6.48. The van der Waals surface area contributed by atoms with Crippen LogP contribution in [0.4, 0.5) is 17.7 Å². The van der Waals surface area contributed by atoms with Gasteiger partial charge < -0.3 is 22.6 Å². The average molecular weight is 315 g/mol. The Morgan fingerprint density at radius 1 is 1.40 bits per heavy atom. The summed E-state index contributed by atoms with van der Waals surface area (Å²) in [6.45, 7) is 0.922. The van der Waals surface area contributed by atoms with E-state index in [1.165, 1.54) is 0 Å². The zero-order chi connectivity index (χ0) is 14.4. The van der Waals surface area contributed by atoms with Crippen molar-refractivity contribution < 1.29 is 73.9 Å². The van der Waals surface area contributed by atoms with Gasteiger partial charge in [0, 0.05) is 12.6 Å².